The van der Waals surface area contributed by atoms with Gasteiger partial charge in [-0.15, -0.1) is 0 Å². The largest absolute Gasteiger partial charge is 0.481 e. The average molecular weight is 387 g/mol. The van der Waals surface area contributed by atoms with Gasteiger partial charge in [0.25, 0.3) is 0 Å². The molecule has 1 aliphatic rings. The molecule has 8 nitrogen and oxygen atoms in total. The van der Waals surface area contributed by atoms with E-state index in [1.165, 1.54) is 0 Å². The van der Waals surface area contributed by atoms with Gasteiger partial charge < -0.3 is 20.3 Å². The Morgan fingerprint density at radius 3 is 2.04 bits per heavy atom. The molecule has 1 aromatic rings. The number of nitrogens with one attached hydrogen (secondary N) is 1. The molecule has 0 saturated carbocycles. The Kier molecular flexibility index (Phi) is 10.3. The van der Waals surface area contributed by atoms with Gasteiger partial charge in [-0.1, -0.05) is 11.6 Å². The van der Waals surface area contributed by atoms with Crippen molar-refractivity contribution >= 4 is 35.1 Å². The fraction of sp³-hybridized carbons (Fsp3) is 0.471. The Morgan fingerprint density at radius 2 is 1.54 bits per heavy atom. The molecule has 1 saturated heterocycles. The second-order valence-corrected chi connectivity index (χ2v) is 5.98. The fourth-order valence-corrected chi connectivity index (χ4v) is 2.18. The summed E-state index contributed by atoms with van der Waals surface area (Å²) >= 11 is 5.78. The molecule has 0 aliphatic carbocycles. The summed E-state index contributed by atoms with van der Waals surface area (Å²) in [5, 5.41) is 19.3. The van der Waals surface area contributed by atoms with Crippen LogP contribution in [0.15, 0.2) is 24.3 Å². The maximum atomic E-state index is 11.7. The number of aliphatic carboxylic acids is 2. The predicted molar refractivity (Wildman–Crippen MR) is 96.5 cm³/mol. The van der Waals surface area contributed by atoms with Crippen molar-refractivity contribution in [2.75, 3.05) is 38.2 Å². The predicted octanol–water partition coefficient (Wildman–Crippen LogP) is 1.94. The molecular weight excluding hydrogens is 364 g/mol. The number of ether oxygens (including phenoxy) is 1. The number of hydrogen-bond donors (Lipinski definition) is 3. The fourth-order valence-electron chi connectivity index (χ4n) is 2.06. The maximum absolute atomic E-state index is 11.7. The lowest BCUT2D eigenvalue weighted by molar-refractivity contribution is -0.143. The smallest absolute Gasteiger partial charge is 0.303 e. The van der Waals surface area contributed by atoms with Gasteiger partial charge >= 0.3 is 11.9 Å². The van der Waals surface area contributed by atoms with Crippen molar-refractivity contribution in [1.82, 2.24) is 4.90 Å². The van der Waals surface area contributed by atoms with E-state index in [-0.39, 0.29) is 18.7 Å². The number of anilines is 1. The summed E-state index contributed by atoms with van der Waals surface area (Å²) in [7, 11) is 0. The monoisotopic (exact) mass is 386 g/mol. The third-order valence-electron chi connectivity index (χ3n) is 3.44. The van der Waals surface area contributed by atoms with E-state index in [0.717, 1.165) is 38.5 Å². The quantitative estimate of drug-likeness (QED) is 0.655. The zero-order chi connectivity index (χ0) is 19.4. The van der Waals surface area contributed by atoms with Gasteiger partial charge in [-0.2, -0.15) is 0 Å². The number of halogens is 1. The van der Waals surface area contributed by atoms with E-state index < -0.39 is 11.9 Å². The molecule has 0 radical (unpaired) electrons. The summed E-state index contributed by atoms with van der Waals surface area (Å²) in [4.78, 5) is 33.3. The van der Waals surface area contributed by atoms with Crippen LogP contribution in [0.1, 0.15) is 19.3 Å². The number of carbonyl (C=O) groups excluding carboxylic acids is 1. The second kappa shape index (κ2) is 12.2. The van der Waals surface area contributed by atoms with Crippen LogP contribution < -0.4 is 5.32 Å². The highest BCUT2D eigenvalue weighted by Crippen LogP contribution is 2.13. The van der Waals surface area contributed by atoms with Gasteiger partial charge in [-0.3, -0.25) is 19.3 Å². The molecule has 1 aromatic carbocycles. The van der Waals surface area contributed by atoms with Crippen LogP contribution in [0.4, 0.5) is 5.69 Å². The van der Waals surface area contributed by atoms with Crippen molar-refractivity contribution in [3.05, 3.63) is 29.3 Å². The molecule has 1 amide bonds. The summed E-state index contributed by atoms with van der Waals surface area (Å²) in [6.07, 6.45) is -0.0900. The first-order valence-electron chi connectivity index (χ1n) is 8.16. The Bertz CT molecular complexity index is 573. The molecule has 1 fully saturated rings. The molecule has 0 unspecified atom stereocenters. The summed E-state index contributed by atoms with van der Waals surface area (Å²) in [5.41, 5.74) is 0.784. The highest BCUT2D eigenvalue weighted by atomic mass is 35.5. The lowest BCUT2D eigenvalue weighted by atomic mass is 10.3. The van der Waals surface area contributed by atoms with E-state index in [1.807, 2.05) is 0 Å². The van der Waals surface area contributed by atoms with Crippen LogP contribution in [0, 0.1) is 0 Å². The van der Waals surface area contributed by atoms with Crippen LogP contribution in [0.2, 0.25) is 5.02 Å². The number of carboxylic acid groups (broad SMARTS) is 2. The van der Waals surface area contributed by atoms with Crippen molar-refractivity contribution in [2.45, 2.75) is 19.3 Å². The molecular formula is C17H23ClN2O6. The number of nitrogens with zero attached hydrogens (tertiary/aromatic N) is 1. The minimum Gasteiger partial charge on any atom is -0.481 e. The third kappa shape index (κ3) is 10.7. The number of hydrogen-bond acceptors (Lipinski definition) is 5. The average Bonchev–Trinajstić information content (AvgIpc) is 2.62. The van der Waals surface area contributed by atoms with Crippen LogP contribution in [0.3, 0.4) is 0 Å². The highest BCUT2D eigenvalue weighted by Gasteiger charge is 2.11. The van der Waals surface area contributed by atoms with Crippen LogP contribution in [-0.4, -0.2) is 65.8 Å². The Morgan fingerprint density at radius 1 is 1.00 bits per heavy atom. The van der Waals surface area contributed by atoms with Crippen LogP contribution in [-0.2, 0) is 19.1 Å². The molecule has 1 aliphatic heterocycles. The molecule has 0 aromatic heterocycles. The van der Waals surface area contributed by atoms with Gasteiger partial charge in [-0.05, 0) is 24.3 Å². The Balaban J connectivity index is 0.000000359. The first-order valence-corrected chi connectivity index (χ1v) is 8.53. The molecule has 0 spiro atoms. The van der Waals surface area contributed by atoms with Crippen LogP contribution in [0.5, 0.6) is 0 Å². The van der Waals surface area contributed by atoms with Crippen molar-refractivity contribution < 1.29 is 29.3 Å². The van der Waals surface area contributed by atoms with Crippen molar-refractivity contribution in [2.24, 2.45) is 0 Å². The van der Waals surface area contributed by atoms with Gasteiger partial charge in [0.05, 0.1) is 26.1 Å². The van der Waals surface area contributed by atoms with Crippen molar-refractivity contribution in [3.63, 3.8) is 0 Å². The first kappa shape index (κ1) is 21.9. The number of morpholine rings is 1. The summed E-state index contributed by atoms with van der Waals surface area (Å²) < 4.78 is 5.26. The van der Waals surface area contributed by atoms with Gasteiger partial charge in [0.1, 0.15) is 0 Å². The second-order valence-electron chi connectivity index (χ2n) is 5.55. The van der Waals surface area contributed by atoms with Gasteiger partial charge in [0, 0.05) is 36.8 Å². The molecule has 9 heteroatoms. The van der Waals surface area contributed by atoms with Crippen molar-refractivity contribution in [3.8, 4) is 0 Å². The molecule has 3 N–H and O–H groups in total. The highest BCUT2D eigenvalue weighted by molar-refractivity contribution is 6.30. The number of amides is 1. The third-order valence-corrected chi connectivity index (χ3v) is 3.69. The number of carboxylic acids is 2. The van der Waals surface area contributed by atoms with E-state index in [9.17, 15) is 14.4 Å². The maximum Gasteiger partial charge on any atom is 0.303 e. The van der Waals surface area contributed by atoms with E-state index >= 15 is 0 Å². The molecule has 26 heavy (non-hydrogen) atoms. The Hall–Kier alpha value is -2.16. The summed E-state index contributed by atoms with van der Waals surface area (Å²) in [6.45, 7) is 4.13. The van der Waals surface area contributed by atoms with Gasteiger partial charge in [0.2, 0.25) is 5.91 Å². The van der Waals surface area contributed by atoms with Crippen LogP contribution >= 0.6 is 11.6 Å². The zero-order valence-electron chi connectivity index (χ0n) is 14.3. The minimum absolute atomic E-state index is 0.0313. The van der Waals surface area contributed by atoms with E-state index in [0.29, 0.717) is 11.4 Å². The SMILES string of the molecule is O=C(CCN1CCOCC1)Nc1ccc(Cl)cc1.O=C(O)CCC(=O)O. The molecule has 0 atom stereocenters. The topological polar surface area (TPSA) is 116 Å². The zero-order valence-corrected chi connectivity index (χ0v) is 15.1. The van der Waals surface area contributed by atoms with E-state index in [2.05, 4.69) is 10.2 Å². The Labute approximate surface area is 156 Å². The van der Waals surface area contributed by atoms with Gasteiger partial charge in [-0.25, -0.2) is 0 Å². The first-order chi connectivity index (χ1) is 12.4. The summed E-state index contributed by atoms with van der Waals surface area (Å²) in [6, 6.07) is 7.13. The molecule has 0 bridgehead atoms. The lowest BCUT2D eigenvalue weighted by Crippen LogP contribution is -2.38. The molecule has 1 heterocycles. The minimum atomic E-state index is -1.08. The normalized spacial score (nSPS) is 14.0. The lowest BCUT2D eigenvalue weighted by Gasteiger charge is -2.26. The molecule has 2 rings (SSSR count). The summed E-state index contributed by atoms with van der Waals surface area (Å²) in [5.74, 6) is -2.12. The van der Waals surface area contributed by atoms with Crippen molar-refractivity contribution in [1.29, 1.82) is 0 Å². The van der Waals surface area contributed by atoms with Gasteiger partial charge in [0.15, 0.2) is 0 Å². The van der Waals surface area contributed by atoms with Crippen LogP contribution in [0.25, 0.3) is 0 Å². The number of carbonyl (C=O) groups is 3. The molecule has 144 valence electrons. The number of benzene rings is 1. The standard InChI is InChI=1S/C13H17ClN2O2.C4H6O4/c14-11-1-3-12(4-2-11)15-13(17)5-6-16-7-9-18-10-8-16;5-3(6)1-2-4(7)8/h1-4H,5-10H2,(H,15,17);1-2H2,(H,5,6)(H,7,8). The van der Waals surface area contributed by atoms with E-state index in [1.54, 1.807) is 24.3 Å². The van der Waals surface area contributed by atoms with E-state index in [4.69, 9.17) is 26.6 Å². The number of rotatable bonds is 7.